The highest BCUT2D eigenvalue weighted by Gasteiger charge is 2.01. The summed E-state index contributed by atoms with van der Waals surface area (Å²) in [7, 11) is 0. The van der Waals surface area contributed by atoms with Crippen molar-refractivity contribution in [1.29, 1.82) is 0 Å². The van der Waals surface area contributed by atoms with Crippen LogP contribution in [0.15, 0.2) is 47.5 Å². The maximum Gasteiger partial charge on any atom is 0.256 e. The molecular weight excluding hydrogens is 178 g/mol. The van der Waals surface area contributed by atoms with E-state index in [0.29, 0.717) is 11.5 Å². The molecule has 2 heterocycles. The first kappa shape index (κ1) is 8.50. The van der Waals surface area contributed by atoms with Crippen LogP contribution >= 0.6 is 0 Å². The van der Waals surface area contributed by atoms with E-state index >= 15 is 0 Å². The van der Waals surface area contributed by atoms with Crippen molar-refractivity contribution in [2.24, 2.45) is 0 Å². The second-order valence-corrected chi connectivity index (χ2v) is 2.84. The van der Waals surface area contributed by atoms with Crippen LogP contribution in [0, 0.1) is 0 Å². The number of aromatic nitrogens is 2. The van der Waals surface area contributed by atoms with E-state index in [1.165, 1.54) is 10.6 Å². The first-order valence-corrected chi connectivity index (χ1v) is 4.17. The summed E-state index contributed by atoms with van der Waals surface area (Å²) < 4.78 is 1.41. The van der Waals surface area contributed by atoms with Crippen molar-refractivity contribution < 1.29 is 0 Å². The highest BCUT2D eigenvalue weighted by atomic mass is 16.1. The zero-order valence-electron chi connectivity index (χ0n) is 7.42. The lowest BCUT2D eigenvalue weighted by atomic mass is 10.3. The lowest BCUT2D eigenvalue weighted by Crippen LogP contribution is -2.19. The molecule has 0 aromatic carbocycles. The number of nitrogens with two attached hydrogens (primary N) is 1. The molecule has 4 heteroatoms. The minimum atomic E-state index is -0.155. The van der Waals surface area contributed by atoms with Gasteiger partial charge in [0.2, 0.25) is 0 Å². The van der Waals surface area contributed by atoms with Gasteiger partial charge in [0, 0.05) is 12.3 Å². The van der Waals surface area contributed by atoms with Crippen LogP contribution in [0.3, 0.4) is 0 Å². The molecule has 2 aromatic heterocycles. The molecule has 0 spiro atoms. The number of nitrogen functional groups attached to an aromatic ring is 1. The number of anilines is 1. The van der Waals surface area contributed by atoms with Gasteiger partial charge in [0.15, 0.2) is 0 Å². The molecule has 0 saturated carbocycles. The maximum atomic E-state index is 11.5. The fourth-order valence-electron chi connectivity index (χ4n) is 1.27. The minimum absolute atomic E-state index is 0.155. The molecule has 0 bridgehead atoms. The third-order valence-electron chi connectivity index (χ3n) is 1.89. The van der Waals surface area contributed by atoms with Gasteiger partial charge in [-0.05, 0) is 18.2 Å². The normalized spacial score (nSPS) is 10.0. The molecule has 14 heavy (non-hydrogen) atoms. The third kappa shape index (κ3) is 1.37. The zero-order chi connectivity index (χ0) is 9.97. The minimum Gasteiger partial charge on any atom is -0.385 e. The average Bonchev–Trinajstić information content (AvgIpc) is 2.19. The predicted octanol–water partition coefficient (Wildman–Crippen LogP) is 0.815. The summed E-state index contributed by atoms with van der Waals surface area (Å²) in [5.41, 5.74) is 6.21. The molecule has 2 N–H and O–H groups in total. The van der Waals surface area contributed by atoms with Gasteiger partial charge in [0.1, 0.15) is 5.82 Å². The van der Waals surface area contributed by atoms with Gasteiger partial charge in [-0.25, -0.2) is 0 Å². The van der Waals surface area contributed by atoms with Crippen molar-refractivity contribution in [3.63, 3.8) is 0 Å². The predicted molar refractivity (Wildman–Crippen MR) is 54.2 cm³/mol. The molecule has 0 aliphatic heterocycles. The Kier molecular flexibility index (Phi) is 2.02. The number of pyridine rings is 2. The van der Waals surface area contributed by atoms with Crippen molar-refractivity contribution in [1.82, 2.24) is 9.55 Å². The molecule has 2 rings (SSSR count). The van der Waals surface area contributed by atoms with Gasteiger partial charge in [-0.15, -0.1) is 0 Å². The van der Waals surface area contributed by atoms with E-state index in [2.05, 4.69) is 4.98 Å². The van der Waals surface area contributed by atoms with Gasteiger partial charge < -0.3 is 5.73 Å². The Hall–Kier alpha value is -2.10. The summed E-state index contributed by atoms with van der Waals surface area (Å²) in [5, 5.41) is 0. The molecule has 2 aromatic rings. The molecule has 4 nitrogen and oxygen atoms in total. The standard InChI is InChI=1S/C10H9N3O/c11-9-4-1-5-10(14)13(9)8-3-2-6-12-7-8/h1-7H,11H2. The topological polar surface area (TPSA) is 60.9 Å². The summed E-state index contributed by atoms with van der Waals surface area (Å²) in [4.78, 5) is 15.4. The third-order valence-corrected chi connectivity index (χ3v) is 1.89. The smallest absolute Gasteiger partial charge is 0.256 e. The Morgan fingerprint density at radius 3 is 2.71 bits per heavy atom. The Morgan fingerprint density at radius 1 is 1.21 bits per heavy atom. The van der Waals surface area contributed by atoms with Crippen molar-refractivity contribution in [2.75, 3.05) is 5.73 Å². The van der Waals surface area contributed by atoms with Gasteiger partial charge in [0.25, 0.3) is 5.56 Å². The first-order chi connectivity index (χ1) is 6.79. The monoisotopic (exact) mass is 187 g/mol. The number of hydrogen-bond donors (Lipinski definition) is 1. The lowest BCUT2D eigenvalue weighted by Gasteiger charge is -2.07. The van der Waals surface area contributed by atoms with E-state index in [1.54, 1.807) is 36.7 Å². The molecule has 0 fully saturated rings. The fourth-order valence-corrected chi connectivity index (χ4v) is 1.27. The summed E-state index contributed by atoms with van der Waals surface area (Å²) >= 11 is 0. The number of rotatable bonds is 1. The highest BCUT2D eigenvalue weighted by molar-refractivity contribution is 5.40. The Bertz CT molecular complexity index is 490. The van der Waals surface area contributed by atoms with Gasteiger partial charge in [-0.3, -0.25) is 14.3 Å². The molecular formula is C10H9N3O. The van der Waals surface area contributed by atoms with Crippen LogP contribution < -0.4 is 11.3 Å². The second kappa shape index (κ2) is 3.33. The molecule has 0 unspecified atom stereocenters. The van der Waals surface area contributed by atoms with E-state index < -0.39 is 0 Å². The van der Waals surface area contributed by atoms with Gasteiger partial charge in [0.05, 0.1) is 11.9 Å². The van der Waals surface area contributed by atoms with Crippen molar-refractivity contribution in [3.05, 3.63) is 53.1 Å². The zero-order valence-corrected chi connectivity index (χ0v) is 7.42. The summed E-state index contributed by atoms with van der Waals surface area (Å²) in [6, 6.07) is 8.31. The maximum absolute atomic E-state index is 11.5. The lowest BCUT2D eigenvalue weighted by molar-refractivity contribution is 0.992. The van der Waals surface area contributed by atoms with E-state index in [-0.39, 0.29) is 5.56 Å². The molecule has 0 amide bonds. The van der Waals surface area contributed by atoms with Crippen LogP contribution in [0.1, 0.15) is 0 Å². The SMILES string of the molecule is Nc1cccc(=O)n1-c1cccnc1. The molecule has 70 valence electrons. The molecule has 0 aliphatic rings. The van der Waals surface area contributed by atoms with E-state index in [9.17, 15) is 4.79 Å². The van der Waals surface area contributed by atoms with E-state index in [1.807, 2.05) is 0 Å². The average molecular weight is 187 g/mol. The van der Waals surface area contributed by atoms with Crippen molar-refractivity contribution >= 4 is 5.82 Å². The number of hydrogen-bond acceptors (Lipinski definition) is 3. The van der Waals surface area contributed by atoms with Crippen LogP contribution in [0.25, 0.3) is 5.69 Å². The van der Waals surface area contributed by atoms with Crippen LogP contribution in [-0.4, -0.2) is 9.55 Å². The van der Waals surface area contributed by atoms with E-state index in [4.69, 9.17) is 5.73 Å². The Balaban J connectivity index is 2.69. The fraction of sp³-hybridized carbons (Fsp3) is 0. The Labute approximate surface area is 80.6 Å². The van der Waals surface area contributed by atoms with Crippen molar-refractivity contribution in [3.8, 4) is 5.69 Å². The Morgan fingerprint density at radius 2 is 2.07 bits per heavy atom. The van der Waals surface area contributed by atoms with Crippen LogP contribution in [0.2, 0.25) is 0 Å². The summed E-state index contributed by atoms with van der Waals surface area (Å²) in [5.74, 6) is 0.408. The first-order valence-electron chi connectivity index (χ1n) is 4.17. The molecule has 0 atom stereocenters. The van der Waals surface area contributed by atoms with Crippen LogP contribution in [0.5, 0.6) is 0 Å². The molecule has 0 saturated heterocycles. The molecule has 0 aliphatic carbocycles. The quantitative estimate of drug-likeness (QED) is 0.718. The van der Waals surface area contributed by atoms with Gasteiger partial charge >= 0.3 is 0 Å². The van der Waals surface area contributed by atoms with Crippen molar-refractivity contribution in [2.45, 2.75) is 0 Å². The van der Waals surface area contributed by atoms with Gasteiger partial charge in [-0.1, -0.05) is 6.07 Å². The van der Waals surface area contributed by atoms with Crippen LogP contribution in [0.4, 0.5) is 5.82 Å². The summed E-state index contributed by atoms with van der Waals surface area (Å²) in [6.07, 6.45) is 3.24. The summed E-state index contributed by atoms with van der Waals surface area (Å²) in [6.45, 7) is 0. The van der Waals surface area contributed by atoms with Crippen LogP contribution in [-0.2, 0) is 0 Å². The highest BCUT2D eigenvalue weighted by Crippen LogP contribution is 2.07. The largest absolute Gasteiger partial charge is 0.385 e. The molecule has 0 radical (unpaired) electrons. The van der Waals surface area contributed by atoms with Gasteiger partial charge in [-0.2, -0.15) is 0 Å². The second-order valence-electron chi connectivity index (χ2n) is 2.84. The number of nitrogens with zero attached hydrogens (tertiary/aromatic N) is 2. The van der Waals surface area contributed by atoms with E-state index in [0.717, 1.165) is 0 Å².